The summed E-state index contributed by atoms with van der Waals surface area (Å²) in [5, 5.41) is 0. The first kappa shape index (κ1) is 13.8. The van der Waals surface area contributed by atoms with Crippen LogP contribution in [0.15, 0.2) is 36.7 Å². The molecule has 1 aromatic carbocycles. The lowest BCUT2D eigenvalue weighted by Gasteiger charge is -2.37. The summed E-state index contributed by atoms with van der Waals surface area (Å²) in [6, 6.07) is 8.34. The Kier molecular flexibility index (Phi) is 4.01. The molecule has 0 unspecified atom stereocenters. The summed E-state index contributed by atoms with van der Waals surface area (Å²) in [6.07, 6.45) is 3.59. The Bertz CT molecular complexity index is 591. The van der Waals surface area contributed by atoms with E-state index >= 15 is 0 Å². The van der Waals surface area contributed by atoms with Crippen LogP contribution in [-0.2, 0) is 6.54 Å². The topological polar surface area (TPSA) is 58.3 Å². The van der Waals surface area contributed by atoms with E-state index in [9.17, 15) is 0 Å². The van der Waals surface area contributed by atoms with Crippen molar-refractivity contribution in [3.05, 3.63) is 47.8 Å². The predicted molar refractivity (Wildman–Crippen MR) is 85.5 cm³/mol. The molecule has 1 fully saturated rings. The van der Waals surface area contributed by atoms with Gasteiger partial charge in [-0.1, -0.05) is 12.1 Å². The molecule has 1 aliphatic heterocycles. The van der Waals surface area contributed by atoms with E-state index in [1.165, 1.54) is 16.8 Å². The van der Waals surface area contributed by atoms with Gasteiger partial charge in [0.05, 0.1) is 0 Å². The van der Waals surface area contributed by atoms with Gasteiger partial charge in [0.25, 0.3) is 0 Å². The Morgan fingerprint density at radius 3 is 2.38 bits per heavy atom. The molecule has 3 rings (SSSR count). The highest BCUT2D eigenvalue weighted by molar-refractivity contribution is 5.56. The van der Waals surface area contributed by atoms with Crippen LogP contribution in [0.5, 0.6) is 0 Å². The maximum absolute atomic E-state index is 5.87. The first-order valence-electron chi connectivity index (χ1n) is 7.34. The average Bonchev–Trinajstić information content (AvgIpc) is 2.56. The van der Waals surface area contributed by atoms with E-state index in [0.29, 0.717) is 6.54 Å². The van der Waals surface area contributed by atoms with Crippen molar-refractivity contribution in [3.63, 3.8) is 0 Å². The van der Waals surface area contributed by atoms with E-state index in [2.05, 4.69) is 44.9 Å². The van der Waals surface area contributed by atoms with Crippen molar-refractivity contribution >= 4 is 11.6 Å². The molecule has 2 aromatic rings. The fourth-order valence-electron chi connectivity index (χ4n) is 2.74. The zero-order valence-electron chi connectivity index (χ0n) is 12.4. The Morgan fingerprint density at radius 2 is 1.71 bits per heavy atom. The maximum Gasteiger partial charge on any atom is 0.225 e. The molecule has 1 saturated heterocycles. The fourth-order valence-corrected chi connectivity index (χ4v) is 2.74. The van der Waals surface area contributed by atoms with Crippen molar-refractivity contribution < 1.29 is 0 Å². The van der Waals surface area contributed by atoms with Crippen LogP contribution in [0.1, 0.15) is 11.1 Å². The first-order valence-corrected chi connectivity index (χ1v) is 7.34. The monoisotopic (exact) mass is 283 g/mol. The third kappa shape index (κ3) is 2.97. The molecule has 21 heavy (non-hydrogen) atoms. The van der Waals surface area contributed by atoms with Crippen LogP contribution >= 0.6 is 0 Å². The second-order valence-corrected chi connectivity index (χ2v) is 5.36. The van der Waals surface area contributed by atoms with Crippen molar-refractivity contribution in [2.24, 2.45) is 5.73 Å². The van der Waals surface area contributed by atoms with Crippen LogP contribution < -0.4 is 15.5 Å². The van der Waals surface area contributed by atoms with Crippen molar-refractivity contribution in [2.75, 3.05) is 36.0 Å². The minimum atomic E-state index is 0.581. The van der Waals surface area contributed by atoms with Gasteiger partial charge in [0, 0.05) is 50.8 Å². The number of aromatic nitrogens is 2. The summed E-state index contributed by atoms with van der Waals surface area (Å²) in [5.74, 6) is 0.820. The Hall–Kier alpha value is -2.14. The van der Waals surface area contributed by atoms with Crippen LogP contribution in [0.2, 0.25) is 0 Å². The highest BCUT2D eigenvalue weighted by atomic mass is 15.3. The third-order valence-electron chi connectivity index (χ3n) is 3.92. The molecule has 0 spiro atoms. The zero-order chi connectivity index (χ0) is 14.7. The zero-order valence-corrected chi connectivity index (χ0v) is 12.4. The molecule has 5 nitrogen and oxygen atoms in total. The molecule has 0 saturated carbocycles. The summed E-state index contributed by atoms with van der Waals surface area (Å²) >= 11 is 0. The standard InChI is InChI=1S/C16H21N5/c1-13-3-4-14(12-17)15(11-13)20-7-9-21(10-8-20)16-18-5-2-6-19-16/h2-6,11H,7-10,12,17H2,1H3. The SMILES string of the molecule is Cc1ccc(CN)c(N2CCN(c3ncccn3)CC2)c1. The third-order valence-corrected chi connectivity index (χ3v) is 3.92. The largest absolute Gasteiger partial charge is 0.368 e. The number of rotatable bonds is 3. The summed E-state index contributed by atoms with van der Waals surface area (Å²) in [4.78, 5) is 13.3. The molecule has 110 valence electrons. The lowest BCUT2D eigenvalue weighted by atomic mass is 10.1. The van der Waals surface area contributed by atoms with Crippen molar-refractivity contribution in [2.45, 2.75) is 13.5 Å². The number of hydrogen-bond donors (Lipinski definition) is 1. The van der Waals surface area contributed by atoms with Gasteiger partial charge in [-0.15, -0.1) is 0 Å². The second-order valence-electron chi connectivity index (χ2n) is 5.36. The van der Waals surface area contributed by atoms with E-state index in [0.717, 1.165) is 32.1 Å². The molecule has 0 atom stereocenters. The molecule has 0 aliphatic carbocycles. The van der Waals surface area contributed by atoms with E-state index in [1.54, 1.807) is 12.4 Å². The van der Waals surface area contributed by atoms with Crippen molar-refractivity contribution in [3.8, 4) is 0 Å². The molecule has 1 aliphatic rings. The van der Waals surface area contributed by atoms with Crippen molar-refractivity contribution in [1.29, 1.82) is 0 Å². The summed E-state index contributed by atoms with van der Waals surface area (Å²) in [5.41, 5.74) is 9.63. The minimum Gasteiger partial charge on any atom is -0.368 e. The van der Waals surface area contributed by atoms with Gasteiger partial charge in [0.1, 0.15) is 0 Å². The van der Waals surface area contributed by atoms with Gasteiger partial charge in [-0.05, 0) is 30.2 Å². The van der Waals surface area contributed by atoms with E-state index in [1.807, 2.05) is 6.07 Å². The normalized spacial score (nSPS) is 15.3. The first-order chi connectivity index (χ1) is 10.3. The number of anilines is 2. The molecule has 5 heteroatoms. The van der Waals surface area contributed by atoms with Gasteiger partial charge >= 0.3 is 0 Å². The lowest BCUT2D eigenvalue weighted by molar-refractivity contribution is 0.638. The average molecular weight is 283 g/mol. The van der Waals surface area contributed by atoms with Gasteiger partial charge in [-0.25, -0.2) is 9.97 Å². The molecular weight excluding hydrogens is 262 g/mol. The second kappa shape index (κ2) is 6.10. The Balaban J connectivity index is 1.73. The van der Waals surface area contributed by atoms with Gasteiger partial charge in [-0.2, -0.15) is 0 Å². The Labute approximate surface area is 125 Å². The van der Waals surface area contributed by atoms with Crippen LogP contribution in [-0.4, -0.2) is 36.1 Å². The number of hydrogen-bond acceptors (Lipinski definition) is 5. The molecule has 0 radical (unpaired) electrons. The molecule has 2 heterocycles. The number of aryl methyl sites for hydroxylation is 1. The van der Waals surface area contributed by atoms with Gasteiger partial charge in [-0.3, -0.25) is 0 Å². The highest BCUT2D eigenvalue weighted by Gasteiger charge is 2.20. The fraction of sp³-hybridized carbons (Fsp3) is 0.375. The van der Waals surface area contributed by atoms with Crippen LogP contribution in [0.25, 0.3) is 0 Å². The lowest BCUT2D eigenvalue weighted by Crippen LogP contribution is -2.47. The van der Waals surface area contributed by atoms with Crippen LogP contribution in [0.3, 0.4) is 0 Å². The number of nitrogens with two attached hydrogens (primary N) is 1. The summed E-state index contributed by atoms with van der Waals surface area (Å²) < 4.78 is 0. The van der Waals surface area contributed by atoms with E-state index < -0.39 is 0 Å². The molecule has 2 N–H and O–H groups in total. The van der Waals surface area contributed by atoms with E-state index in [4.69, 9.17) is 5.73 Å². The van der Waals surface area contributed by atoms with Crippen LogP contribution in [0.4, 0.5) is 11.6 Å². The van der Waals surface area contributed by atoms with Crippen molar-refractivity contribution in [1.82, 2.24) is 9.97 Å². The Morgan fingerprint density at radius 1 is 1.05 bits per heavy atom. The molecule has 0 amide bonds. The smallest absolute Gasteiger partial charge is 0.225 e. The minimum absolute atomic E-state index is 0.581. The highest BCUT2D eigenvalue weighted by Crippen LogP contribution is 2.24. The number of benzene rings is 1. The molecule has 0 bridgehead atoms. The molecule has 1 aromatic heterocycles. The van der Waals surface area contributed by atoms with Gasteiger partial charge in [0.15, 0.2) is 0 Å². The summed E-state index contributed by atoms with van der Waals surface area (Å²) in [6.45, 7) is 6.50. The molecular formula is C16H21N5. The van der Waals surface area contributed by atoms with Crippen LogP contribution in [0, 0.1) is 6.92 Å². The quantitative estimate of drug-likeness (QED) is 0.926. The van der Waals surface area contributed by atoms with E-state index in [-0.39, 0.29) is 0 Å². The van der Waals surface area contributed by atoms with Gasteiger partial charge < -0.3 is 15.5 Å². The van der Waals surface area contributed by atoms with Gasteiger partial charge in [0.2, 0.25) is 5.95 Å². The number of piperazine rings is 1. The number of nitrogens with zero attached hydrogens (tertiary/aromatic N) is 4. The predicted octanol–water partition coefficient (Wildman–Crippen LogP) is 1.57. The maximum atomic E-state index is 5.87. The summed E-state index contributed by atoms with van der Waals surface area (Å²) in [7, 11) is 0.